The molecule has 12 N–H and O–H groups in total. The van der Waals surface area contributed by atoms with Gasteiger partial charge in [-0.2, -0.15) is 0 Å². The number of nitrogens with zero attached hydrogens (tertiary/aromatic N) is 11. The molecule has 0 saturated heterocycles. The number of rotatable bonds is 27. The number of aryl methyl sites for hydroxylation is 7. The van der Waals surface area contributed by atoms with Crippen LogP contribution in [0.1, 0.15) is 107 Å². The van der Waals surface area contributed by atoms with E-state index in [4.69, 9.17) is 5.11 Å². The maximum Gasteiger partial charge on any atom is 0.305 e. The quantitative estimate of drug-likeness (QED) is 0.0305. The summed E-state index contributed by atoms with van der Waals surface area (Å²) in [4.78, 5) is 169. The molecule has 88 heavy (non-hydrogen) atoms. The molecule has 7 aromatic rings. The molecule has 35 heteroatoms. The Bertz CT molecular complexity index is 3870. The van der Waals surface area contributed by atoms with Crippen LogP contribution >= 0.6 is 0 Å². The molecule has 0 aliphatic rings. The molecule has 11 amide bonds. The topological polar surface area (TPSA) is 443 Å². The zero-order chi connectivity index (χ0) is 64.1. The third-order valence-electron chi connectivity index (χ3n) is 12.8. The predicted octanol–water partition coefficient (Wildman–Crippen LogP) is -0.622. The Morgan fingerprint density at radius 3 is 1.32 bits per heavy atom. The van der Waals surface area contributed by atoms with Crippen molar-refractivity contribution < 1.29 is 62.6 Å². The molecule has 0 aliphatic heterocycles. The molecule has 0 spiro atoms. The summed E-state index contributed by atoms with van der Waals surface area (Å²) in [5.41, 5.74) is 1.32. The number of hydrogen-bond donors (Lipinski definition) is 12. The van der Waals surface area contributed by atoms with Gasteiger partial charge in [-0.1, -0.05) is 0 Å². The Morgan fingerprint density at radius 2 is 0.841 bits per heavy atom. The molecule has 7 aromatic heterocycles. The third-order valence-corrected chi connectivity index (χ3v) is 12.8. The minimum atomic E-state index is -1.18. The van der Waals surface area contributed by atoms with Crippen LogP contribution in [0.4, 0.5) is 34.5 Å². The highest BCUT2D eigenvalue weighted by Crippen LogP contribution is 2.19. The van der Waals surface area contributed by atoms with Gasteiger partial charge in [0, 0.05) is 145 Å². The maximum absolute atomic E-state index is 13.4. The van der Waals surface area contributed by atoms with E-state index in [2.05, 4.69) is 78.4 Å². The van der Waals surface area contributed by atoms with Gasteiger partial charge in [-0.3, -0.25) is 57.5 Å². The first-order chi connectivity index (χ1) is 41.7. The monoisotopic (exact) mass is 1220 g/mol. The van der Waals surface area contributed by atoms with E-state index in [-0.39, 0.29) is 121 Å². The highest BCUT2D eigenvalue weighted by atomic mass is 16.4. The number of carbonyl (C=O) groups is 12. The number of aromatic nitrogens is 11. The average molecular weight is 1220 g/mol. The minimum Gasteiger partial charge on any atom is -0.481 e. The van der Waals surface area contributed by atoms with E-state index >= 15 is 0 Å². The molecular weight excluding hydrogens is 1150 g/mol. The Hall–Kier alpha value is -11.7. The Kier molecular flexibility index (Phi) is 20.5. The Labute approximate surface area is 499 Å². The second-order valence-corrected chi connectivity index (χ2v) is 19.9. The van der Waals surface area contributed by atoms with Crippen molar-refractivity contribution in [1.82, 2.24) is 78.5 Å². The van der Waals surface area contributed by atoms with Crippen molar-refractivity contribution in [2.75, 3.05) is 58.1 Å². The van der Waals surface area contributed by atoms with Crippen LogP contribution in [-0.2, 0) is 73.3 Å². The zero-order valence-electron chi connectivity index (χ0n) is 48.9. The van der Waals surface area contributed by atoms with Crippen LogP contribution in [0, 0.1) is 0 Å². The van der Waals surface area contributed by atoms with E-state index < -0.39 is 77.0 Å². The summed E-state index contributed by atoms with van der Waals surface area (Å²) in [5.74, 6) is -7.57. The molecule has 0 aromatic carbocycles. The fourth-order valence-corrected chi connectivity index (χ4v) is 8.62. The van der Waals surface area contributed by atoms with Crippen molar-refractivity contribution in [3.8, 4) is 0 Å². The van der Waals surface area contributed by atoms with Crippen LogP contribution in [0.15, 0.2) is 67.8 Å². The van der Waals surface area contributed by atoms with Gasteiger partial charge in [0.2, 0.25) is 41.1 Å². The second-order valence-electron chi connectivity index (χ2n) is 19.9. The smallest absolute Gasteiger partial charge is 0.305 e. The van der Waals surface area contributed by atoms with Gasteiger partial charge in [0.15, 0.2) is 23.3 Å². The summed E-state index contributed by atoms with van der Waals surface area (Å²) in [6.45, 7) is 0.787. The molecule has 0 bridgehead atoms. The van der Waals surface area contributed by atoms with Crippen molar-refractivity contribution in [1.29, 1.82) is 0 Å². The normalized spacial score (nSPS) is 11.2. The lowest BCUT2D eigenvalue weighted by molar-refractivity contribution is -0.137. The highest BCUT2D eigenvalue weighted by molar-refractivity contribution is 6.06. The fraction of sp³-hybridized carbons (Fsp3) is 0.321. The van der Waals surface area contributed by atoms with Crippen LogP contribution in [0.5, 0.6) is 0 Å². The van der Waals surface area contributed by atoms with E-state index in [1.54, 1.807) is 45.2 Å². The number of hydrogen-bond acceptors (Lipinski definition) is 16. The van der Waals surface area contributed by atoms with E-state index in [1.807, 2.05) is 0 Å². The first kappa shape index (κ1) is 63.9. The SMILES string of the molecule is CC(=O)N[C@H](CCNC(=O)c1cc(NC(=O)c2nc(NC(=O)CCNC(=O)c3cc(NC(=O)c4nccn4C)cn3C)cn2C)cn1C)C(=O)Nc1cn(C)c(C(=O)NCCC(=O)Nc2cc(C(=O)Nc3cn(C)c(C(=O)NCCC(=O)O)n3)n(C)c2)n1. The van der Waals surface area contributed by atoms with Gasteiger partial charge in [-0.25, -0.2) is 19.9 Å². The fourth-order valence-electron chi connectivity index (χ4n) is 8.62. The van der Waals surface area contributed by atoms with Gasteiger partial charge in [0.1, 0.15) is 23.1 Å². The lowest BCUT2D eigenvalue weighted by Gasteiger charge is -2.17. The molecule has 464 valence electrons. The Balaban J connectivity index is 0.819. The molecule has 0 radical (unpaired) electrons. The number of carbonyl (C=O) groups excluding carboxylic acids is 11. The van der Waals surface area contributed by atoms with Crippen molar-refractivity contribution in [2.45, 2.75) is 38.6 Å². The van der Waals surface area contributed by atoms with Crippen LogP contribution in [0.3, 0.4) is 0 Å². The molecular formula is C53H64N22O13. The number of amides is 11. The van der Waals surface area contributed by atoms with Crippen LogP contribution < -0.4 is 58.5 Å². The molecule has 35 nitrogen and oxygen atoms in total. The van der Waals surface area contributed by atoms with Gasteiger partial charge in [0.25, 0.3) is 41.4 Å². The van der Waals surface area contributed by atoms with Crippen LogP contribution in [-0.4, -0.2) is 160 Å². The van der Waals surface area contributed by atoms with E-state index in [1.165, 1.54) is 111 Å². The molecule has 0 unspecified atom stereocenters. The summed E-state index contributed by atoms with van der Waals surface area (Å²) < 4.78 is 10.0. The molecule has 0 aliphatic carbocycles. The number of carboxylic acids is 1. The Morgan fingerprint density at radius 1 is 0.432 bits per heavy atom. The predicted molar refractivity (Wildman–Crippen MR) is 312 cm³/mol. The van der Waals surface area contributed by atoms with Crippen LogP contribution in [0.25, 0.3) is 0 Å². The molecule has 7 heterocycles. The molecule has 0 saturated carbocycles. The standard InChI is InChI=1S/C53H64N22O13/c1-28(76)59-32(46(81)67-37-26-73(6)43(65-37)50(85)57-15-10-39(77)60-29-19-35(72(5)22-29)49(84)68-38-27-74(7)44(66-38)51(86)58-16-12-41(79)80)9-13-55-47(82)33-21-31(24-71(33)4)62-53(88)45-64-36(25-75(45)8)63-40(78)11-14-56-48(83)34-20-30(23-70(34)3)61-52(87)42-54-17-18-69(42)2/h17-27,32H,9-16H2,1-8H3,(H,55,82)(H,56,83)(H,57,85)(H,58,86)(H,59,76)(H,60,77)(H,61,87)(H,62,88)(H,63,78)(H,67,81)(H,68,84)(H,79,80)/t32-/m1/s1. The van der Waals surface area contributed by atoms with E-state index in [0.717, 1.165) is 0 Å². The zero-order valence-corrected chi connectivity index (χ0v) is 48.9. The number of anilines is 6. The van der Waals surface area contributed by atoms with Crippen molar-refractivity contribution in [3.63, 3.8) is 0 Å². The summed E-state index contributed by atoms with van der Waals surface area (Å²) in [6, 6.07) is 3.11. The van der Waals surface area contributed by atoms with Gasteiger partial charge >= 0.3 is 5.97 Å². The molecule has 7 rings (SSSR count). The summed E-state index contributed by atoms with van der Waals surface area (Å²) in [5, 5.41) is 37.4. The summed E-state index contributed by atoms with van der Waals surface area (Å²) >= 11 is 0. The largest absolute Gasteiger partial charge is 0.481 e. The first-order valence-electron chi connectivity index (χ1n) is 26.8. The number of aliphatic carboxylic acids is 1. The first-order valence-corrected chi connectivity index (χ1v) is 26.8. The van der Waals surface area contributed by atoms with Crippen LogP contribution in [0.2, 0.25) is 0 Å². The average Bonchev–Trinajstić information content (AvgIpc) is 3.49. The van der Waals surface area contributed by atoms with Gasteiger partial charge in [-0.05, 0) is 24.6 Å². The second kappa shape index (κ2) is 28.3. The van der Waals surface area contributed by atoms with E-state index in [0.29, 0.717) is 5.69 Å². The summed E-state index contributed by atoms with van der Waals surface area (Å²) in [7, 11) is 11.0. The third kappa shape index (κ3) is 16.8. The van der Waals surface area contributed by atoms with Crippen molar-refractivity contribution >= 4 is 105 Å². The number of imidazole rings is 4. The van der Waals surface area contributed by atoms with Gasteiger partial charge in [-0.15, -0.1) is 0 Å². The molecule has 0 fully saturated rings. The molecule has 1 atom stereocenters. The lowest BCUT2D eigenvalue weighted by atomic mass is 10.2. The van der Waals surface area contributed by atoms with Crippen molar-refractivity contribution in [2.24, 2.45) is 49.3 Å². The van der Waals surface area contributed by atoms with E-state index in [9.17, 15) is 57.5 Å². The summed E-state index contributed by atoms with van der Waals surface area (Å²) in [6.07, 6.45) is 11.1. The lowest BCUT2D eigenvalue weighted by Crippen LogP contribution is -2.45. The highest BCUT2D eigenvalue weighted by Gasteiger charge is 2.25. The maximum atomic E-state index is 13.4. The number of carboxylic acid groups (broad SMARTS) is 1. The van der Waals surface area contributed by atoms with Gasteiger partial charge < -0.3 is 95.6 Å². The minimum absolute atomic E-state index is 0.0444. The van der Waals surface area contributed by atoms with Gasteiger partial charge in [0.05, 0.1) is 23.5 Å². The van der Waals surface area contributed by atoms with Crippen molar-refractivity contribution in [3.05, 3.63) is 108 Å². The number of nitrogens with one attached hydrogen (secondary N) is 11.